The van der Waals surface area contributed by atoms with E-state index in [-0.39, 0.29) is 0 Å². The Morgan fingerprint density at radius 3 is 1.49 bits per heavy atom. The Labute approximate surface area is 289 Å². The highest BCUT2D eigenvalue weighted by Gasteiger charge is 2.54. The third kappa shape index (κ3) is 9.29. The second-order valence-electron chi connectivity index (χ2n) is 12.7. The number of aliphatic hydroxyl groups excluding tert-OH is 12. The molecule has 0 aromatic heterocycles. The van der Waals surface area contributed by atoms with E-state index in [9.17, 15) is 70.9 Å². The minimum Gasteiger partial charge on any atom is -0.394 e. The van der Waals surface area contributed by atoms with Gasteiger partial charge >= 0.3 is 0 Å². The molecule has 4 saturated heterocycles. The fraction of sp³-hybridized carbons (Fsp3) is 0.929. The van der Waals surface area contributed by atoms with Crippen LogP contribution >= 0.6 is 0 Å². The molecule has 14 N–H and O–H groups in total. The molecule has 0 spiro atoms. The van der Waals surface area contributed by atoms with Crippen LogP contribution < -0.4 is 10.6 Å². The van der Waals surface area contributed by atoms with Crippen molar-refractivity contribution in [3.8, 4) is 0 Å². The number of amides is 2. The normalized spacial score (nSPS) is 47.8. The predicted molar refractivity (Wildman–Crippen MR) is 157 cm³/mol. The highest BCUT2D eigenvalue weighted by atomic mass is 16.7. The van der Waals surface area contributed by atoms with E-state index in [1.165, 1.54) is 0 Å². The molecule has 0 aromatic carbocycles. The predicted octanol–water partition coefficient (Wildman–Crippen LogP) is -9.46. The van der Waals surface area contributed by atoms with Crippen molar-refractivity contribution in [2.75, 3.05) is 26.4 Å². The molecule has 296 valence electrons. The standard InChI is InChI=1S/C28H48N2O21/c1-7(34)29-13-18(39)23(11(5-33)46-25(13)44)50-28-22(43)20(41)16(37)12(49-28)6-45-26-14(30-8(2)35)24(17(38)10(4-32)47-26)51-27-21(42)19(40)15(36)9(3-31)48-27/h9-28,31-33,36-44H,3-6H2,1-2H3,(H,29,34)(H,30,35)/t9-,10-,11-,12-,13-,14-,15+,16+,17-,18-,19+,20+,21-,22-,23-,24-,25-,26-,27+,28+/m1/s1. The maximum atomic E-state index is 12.2. The van der Waals surface area contributed by atoms with Gasteiger partial charge in [-0.3, -0.25) is 9.59 Å². The lowest BCUT2D eigenvalue weighted by atomic mass is 9.95. The fourth-order valence-corrected chi connectivity index (χ4v) is 6.25. The Kier molecular flexibility index (Phi) is 14.8. The van der Waals surface area contributed by atoms with E-state index < -0.39 is 161 Å². The maximum absolute atomic E-state index is 12.2. The molecular weight excluding hydrogens is 700 g/mol. The van der Waals surface area contributed by atoms with Crippen LogP contribution in [-0.4, -0.2) is 222 Å². The Bertz CT molecular complexity index is 1140. The molecule has 0 aliphatic carbocycles. The van der Waals surface area contributed by atoms with Gasteiger partial charge in [0.05, 0.1) is 26.4 Å². The summed E-state index contributed by atoms with van der Waals surface area (Å²) in [5.74, 6) is -1.38. The van der Waals surface area contributed by atoms with Gasteiger partial charge in [-0.15, -0.1) is 0 Å². The van der Waals surface area contributed by atoms with Gasteiger partial charge in [-0.1, -0.05) is 0 Å². The van der Waals surface area contributed by atoms with Crippen LogP contribution in [0.5, 0.6) is 0 Å². The molecule has 0 unspecified atom stereocenters. The highest BCUT2D eigenvalue weighted by molar-refractivity contribution is 5.73. The molecule has 4 aliphatic rings. The van der Waals surface area contributed by atoms with Crippen molar-refractivity contribution in [3.63, 3.8) is 0 Å². The summed E-state index contributed by atoms with van der Waals surface area (Å²) in [4.78, 5) is 23.9. The summed E-state index contributed by atoms with van der Waals surface area (Å²) in [6, 6.07) is -2.94. The number of aliphatic hydroxyl groups is 12. The van der Waals surface area contributed by atoms with Gasteiger partial charge in [0.25, 0.3) is 0 Å². The van der Waals surface area contributed by atoms with Crippen molar-refractivity contribution < 1.29 is 104 Å². The largest absolute Gasteiger partial charge is 0.394 e. The molecule has 23 heteroatoms. The van der Waals surface area contributed by atoms with Crippen LogP contribution in [0.15, 0.2) is 0 Å². The van der Waals surface area contributed by atoms with Gasteiger partial charge in [0.2, 0.25) is 11.8 Å². The quantitative estimate of drug-likeness (QED) is 0.0881. The van der Waals surface area contributed by atoms with Gasteiger partial charge in [0, 0.05) is 13.8 Å². The fourth-order valence-electron chi connectivity index (χ4n) is 6.25. The summed E-state index contributed by atoms with van der Waals surface area (Å²) in [6.07, 6.45) is -31.1. The number of ether oxygens (including phenoxy) is 7. The Hall–Kier alpha value is -1.82. The number of rotatable bonds is 12. The SMILES string of the molecule is CC(=O)N[C@@H]1[C@@H](O)[C@H](O[C@@H]2O[C@H](CO[C@@H]3O[C@H](CO)[C@@H](O)[C@H](O[C@@H]4O[C@H](CO)[C@H](O)[C@H](O)[C@H]4O)[C@H]3NC(C)=O)[C@H](O)[C@H](O)[C@H]2O)[C@@H](CO)O[C@H]1O. The molecule has 4 rings (SSSR count). The van der Waals surface area contributed by atoms with E-state index in [2.05, 4.69) is 10.6 Å². The van der Waals surface area contributed by atoms with Gasteiger partial charge in [-0.05, 0) is 0 Å². The minimum absolute atomic E-state index is 0.660. The van der Waals surface area contributed by atoms with Crippen molar-refractivity contribution >= 4 is 11.8 Å². The second-order valence-corrected chi connectivity index (χ2v) is 12.7. The number of hydrogen-bond donors (Lipinski definition) is 14. The molecule has 0 aromatic rings. The monoisotopic (exact) mass is 748 g/mol. The van der Waals surface area contributed by atoms with Crippen molar-refractivity contribution in [2.45, 2.75) is 137 Å². The smallest absolute Gasteiger partial charge is 0.217 e. The molecule has 0 radical (unpaired) electrons. The second kappa shape index (κ2) is 18.0. The van der Waals surface area contributed by atoms with Gasteiger partial charge in [-0.25, -0.2) is 0 Å². The lowest BCUT2D eigenvalue weighted by Gasteiger charge is -2.48. The number of nitrogens with one attached hydrogen (secondary N) is 2. The first-order chi connectivity index (χ1) is 24.0. The highest BCUT2D eigenvalue weighted by Crippen LogP contribution is 2.32. The molecule has 0 saturated carbocycles. The minimum atomic E-state index is -1.98. The Morgan fingerprint density at radius 2 is 0.961 bits per heavy atom. The Morgan fingerprint density at radius 1 is 0.510 bits per heavy atom. The lowest BCUT2D eigenvalue weighted by Crippen LogP contribution is -2.68. The maximum Gasteiger partial charge on any atom is 0.217 e. The van der Waals surface area contributed by atoms with Crippen LogP contribution in [0.25, 0.3) is 0 Å². The zero-order valence-electron chi connectivity index (χ0n) is 27.4. The van der Waals surface area contributed by atoms with Crippen molar-refractivity contribution in [2.24, 2.45) is 0 Å². The third-order valence-corrected chi connectivity index (χ3v) is 8.99. The summed E-state index contributed by atoms with van der Waals surface area (Å²) < 4.78 is 39.1. The third-order valence-electron chi connectivity index (χ3n) is 8.99. The van der Waals surface area contributed by atoms with Crippen LogP contribution in [0.2, 0.25) is 0 Å². The zero-order chi connectivity index (χ0) is 37.9. The first kappa shape index (κ1) is 41.9. The molecule has 23 nitrogen and oxygen atoms in total. The molecule has 0 bridgehead atoms. The summed E-state index contributed by atoms with van der Waals surface area (Å²) in [5.41, 5.74) is 0. The molecule has 4 heterocycles. The van der Waals surface area contributed by atoms with Gasteiger partial charge < -0.3 is 105 Å². The van der Waals surface area contributed by atoms with Crippen LogP contribution in [0, 0.1) is 0 Å². The van der Waals surface area contributed by atoms with E-state index >= 15 is 0 Å². The van der Waals surface area contributed by atoms with Crippen molar-refractivity contribution in [3.05, 3.63) is 0 Å². The average molecular weight is 749 g/mol. The lowest BCUT2D eigenvalue weighted by molar-refractivity contribution is -0.359. The van der Waals surface area contributed by atoms with Crippen molar-refractivity contribution in [1.82, 2.24) is 10.6 Å². The van der Waals surface area contributed by atoms with Crippen LogP contribution in [0.3, 0.4) is 0 Å². The van der Waals surface area contributed by atoms with Crippen LogP contribution in [0.1, 0.15) is 13.8 Å². The molecule has 20 atom stereocenters. The van der Waals surface area contributed by atoms with E-state index in [1.54, 1.807) is 0 Å². The van der Waals surface area contributed by atoms with Crippen molar-refractivity contribution in [1.29, 1.82) is 0 Å². The summed E-state index contributed by atoms with van der Waals surface area (Å²) >= 11 is 0. The van der Waals surface area contributed by atoms with Crippen LogP contribution in [0.4, 0.5) is 0 Å². The number of hydrogen-bond acceptors (Lipinski definition) is 21. The van der Waals surface area contributed by atoms with Gasteiger partial charge in [0.1, 0.15) is 97.5 Å². The summed E-state index contributed by atoms with van der Waals surface area (Å²) in [6.45, 7) is -1.02. The molecule has 51 heavy (non-hydrogen) atoms. The molecular formula is C28H48N2O21. The Balaban J connectivity index is 1.52. The molecule has 4 aliphatic heterocycles. The first-order valence-electron chi connectivity index (χ1n) is 16.1. The average Bonchev–Trinajstić information content (AvgIpc) is 3.08. The van der Waals surface area contributed by atoms with Crippen LogP contribution in [-0.2, 0) is 42.7 Å². The van der Waals surface area contributed by atoms with E-state index in [4.69, 9.17) is 33.2 Å². The number of carbonyl (C=O) groups is 2. The van der Waals surface area contributed by atoms with E-state index in [1.807, 2.05) is 0 Å². The molecule has 4 fully saturated rings. The topological polar surface area (TPSA) is 366 Å². The van der Waals surface area contributed by atoms with E-state index in [0.717, 1.165) is 13.8 Å². The zero-order valence-corrected chi connectivity index (χ0v) is 27.4. The summed E-state index contributed by atoms with van der Waals surface area (Å²) in [7, 11) is 0. The van der Waals surface area contributed by atoms with Gasteiger partial charge in [0.15, 0.2) is 25.2 Å². The first-order valence-corrected chi connectivity index (χ1v) is 16.1. The number of carbonyl (C=O) groups excluding carboxylic acids is 2. The summed E-state index contributed by atoms with van der Waals surface area (Å²) in [5, 5.41) is 129. The van der Waals surface area contributed by atoms with Gasteiger partial charge in [-0.2, -0.15) is 0 Å². The van der Waals surface area contributed by atoms with E-state index in [0.29, 0.717) is 0 Å². The molecule has 2 amide bonds.